The van der Waals surface area contributed by atoms with Crippen molar-refractivity contribution in [3.8, 4) is 0 Å². The monoisotopic (exact) mass is 178 g/mol. The molecular weight excluding hydrogens is 167 g/mol. The van der Waals surface area contributed by atoms with Crippen molar-refractivity contribution in [2.24, 2.45) is 0 Å². The molecule has 0 aromatic carbocycles. The zero-order chi connectivity index (χ0) is 8.62. The van der Waals surface area contributed by atoms with Gasteiger partial charge in [0, 0.05) is 0 Å². The molecule has 0 aromatic heterocycles. The van der Waals surface area contributed by atoms with Crippen molar-refractivity contribution in [3.05, 3.63) is 6.61 Å². The molecule has 0 radical (unpaired) electrons. The van der Waals surface area contributed by atoms with Crippen molar-refractivity contribution in [1.82, 2.24) is 0 Å². The molecule has 0 bridgehead atoms. The van der Waals surface area contributed by atoms with Crippen LogP contribution in [0.15, 0.2) is 0 Å². The molecule has 0 saturated carbocycles. The van der Waals surface area contributed by atoms with E-state index in [0.717, 1.165) is 6.42 Å². The predicted octanol–water partition coefficient (Wildman–Crippen LogP) is -2.44. The average Bonchev–Trinajstić information content (AvgIpc) is 1.63. The van der Waals surface area contributed by atoms with Crippen LogP contribution < -0.4 is 18.9 Å². The van der Waals surface area contributed by atoms with Crippen molar-refractivity contribution in [2.75, 3.05) is 7.11 Å². The Morgan fingerprint density at radius 2 is 1.73 bits per heavy atom. The Hall–Kier alpha value is 0.427. The summed E-state index contributed by atoms with van der Waals surface area (Å²) in [5.41, 5.74) is 0. The summed E-state index contributed by atoms with van der Waals surface area (Å²) in [7, 11) is -3.01. The molecule has 0 aliphatic carbocycles. The Bertz CT molecular complexity index is 133. The van der Waals surface area contributed by atoms with Gasteiger partial charge in [-0.25, -0.2) is 6.61 Å². The minimum atomic E-state index is -4.67. The van der Waals surface area contributed by atoms with E-state index in [2.05, 4.69) is 4.74 Å². The van der Waals surface area contributed by atoms with Crippen LogP contribution in [0.1, 0.15) is 13.3 Å². The number of rotatable bonds is 2. The molecular formula is C4H11LiO5S. The Kier molecular flexibility index (Phi) is 16.6. The predicted molar refractivity (Wildman–Crippen MR) is 35.8 cm³/mol. The molecule has 0 fully saturated rings. The van der Waals surface area contributed by atoms with Gasteiger partial charge in [0.25, 0.3) is 0 Å². The quantitative estimate of drug-likeness (QED) is 0.279. The molecule has 0 heterocycles. The van der Waals surface area contributed by atoms with Crippen LogP contribution in [0.4, 0.5) is 0 Å². The first kappa shape index (κ1) is 17.5. The Morgan fingerprint density at radius 3 is 1.73 bits per heavy atom. The zero-order valence-corrected chi connectivity index (χ0v) is 7.63. The second-order valence-electron chi connectivity index (χ2n) is 1.26. The number of hydrogen-bond donors (Lipinski definition) is 2. The molecule has 0 spiro atoms. The maximum atomic E-state index is 8.74. The van der Waals surface area contributed by atoms with Crippen LogP contribution >= 0.6 is 0 Å². The van der Waals surface area contributed by atoms with Gasteiger partial charge in [-0.05, 0) is 7.11 Å². The van der Waals surface area contributed by atoms with E-state index in [1.165, 1.54) is 0 Å². The van der Waals surface area contributed by atoms with Crippen molar-refractivity contribution in [2.45, 2.75) is 13.3 Å². The van der Waals surface area contributed by atoms with Crippen LogP contribution in [0.2, 0.25) is 0 Å². The van der Waals surface area contributed by atoms with E-state index >= 15 is 0 Å². The van der Waals surface area contributed by atoms with Gasteiger partial charge in [0.05, 0.1) is 0 Å². The fourth-order valence-electron chi connectivity index (χ4n) is 0.167. The molecule has 2 N–H and O–H groups in total. The molecule has 64 valence electrons. The molecule has 0 aliphatic heterocycles. The van der Waals surface area contributed by atoms with Gasteiger partial charge in [0.2, 0.25) is 0 Å². The second kappa shape index (κ2) is 10.4. The van der Waals surface area contributed by atoms with E-state index in [-0.39, 0.29) is 18.9 Å². The summed E-state index contributed by atoms with van der Waals surface area (Å²) in [6, 6.07) is 0. The molecule has 0 atom stereocenters. The average molecular weight is 178 g/mol. The zero-order valence-electron chi connectivity index (χ0n) is 6.81. The third-order valence-corrected chi connectivity index (χ3v) is 0.333. The molecule has 0 amide bonds. The number of ether oxygens (including phenoxy) is 1. The van der Waals surface area contributed by atoms with Gasteiger partial charge in [-0.15, -0.1) is 0 Å². The summed E-state index contributed by atoms with van der Waals surface area (Å²) in [5, 5.41) is 0. The minimum Gasteiger partial charge on any atom is -0.554 e. The van der Waals surface area contributed by atoms with E-state index in [0.29, 0.717) is 0 Å². The molecule has 11 heavy (non-hydrogen) atoms. The molecule has 7 heteroatoms. The molecule has 0 rings (SSSR count). The fraction of sp³-hybridized carbons (Fsp3) is 0.750. The van der Waals surface area contributed by atoms with Crippen LogP contribution in [0, 0.1) is 6.61 Å². The van der Waals surface area contributed by atoms with E-state index < -0.39 is 10.4 Å². The van der Waals surface area contributed by atoms with Gasteiger partial charge < -0.3 is 4.74 Å². The Labute approximate surface area is 78.9 Å². The van der Waals surface area contributed by atoms with E-state index in [9.17, 15) is 0 Å². The first-order valence-electron chi connectivity index (χ1n) is 2.46. The summed E-state index contributed by atoms with van der Waals surface area (Å²) < 4.78 is 36.1. The molecule has 0 aliphatic rings. The van der Waals surface area contributed by atoms with Crippen molar-refractivity contribution >= 4 is 10.4 Å². The molecule has 0 unspecified atom stereocenters. The number of methoxy groups -OCH3 is 1. The van der Waals surface area contributed by atoms with Crippen molar-refractivity contribution in [3.63, 3.8) is 0 Å². The van der Waals surface area contributed by atoms with Crippen LogP contribution in [0.5, 0.6) is 0 Å². The fourth-order valence-corrected chi connectivity index (χ4v) is 0.167. The van der Waals surface area contributed by atoms with Gasteiger partial charge in [0.15, 0.2) is 0 Å². The second-order valence-corrected chi connectivity index (χ2v) is 2.15. The van der Waals surface area contributed by atoms with Gasteiger partial charge in [0.1, 0.15) is 0 Å². The number of hydrogen-bond acceptors (Lipinski definition) is 3. The smallest absolute Gasteiger partial charge is 0.554 e. The van der Waals surface area contributed by atoms with E-state index in [1.807, 2.05) is 6.92 Å². The largest absolute Gasteiger partial charge is 1.00 e. The standard InChI is InChI=1S/C4H9O.Li.H2O4S/c1-3-4-5-2;;1-5(2,3)4/h4H,3H2,1-2H3;;(H2,1,2,3,4)/q-1;+1;. The first-order valence-corrected chi connectivity index (χ1v) is 3.85. The minimum absolute atomic E-state index is 0. The maximum absolute atomic E-state index is 8.74. The third-order valence-electron chi connectivity index (χ3n) is 0.333. The summed E-state index contributed by atoms with van der Waals surface area (Å²) in [6.07, 6.45) is 0.997. The normalized spacial score (nSPS) is 9.09. The van der Waals surface area contributed by atoms with Crippen LogP contribution in [-0.4, -0.2) is 24.6 Å². The molecule has 5 nitrogen and oxygen atoms in total. The van der Waals surface area contributed by atoms with Crippen molar-refractivity contribution < 1.29 is 41.1 Å². The SMILES string of the molecule is CC[CH-]OC.O=S(=O)(O)O.[Li+]. The summed E-state index contributed by atoms with van der Waals surface area (Å²) in [4.78, 5) is 0. The van der Waals surface area contributed by atoms with Crippen LogP contribution in [0.3, 0.4) is 0 Å². The van der Waals surface area contributed by atoms with Crippen molar-refractivity contribution in [1.29, 1.82) is 0 Å². The van der Waals surface area contributed by atoms with Gasteiger partial charge in [-0.1, -0.05) is 6.92 Å². The first-order chi connectivity index (χ1) is 4.41. The summed E-state index contributed by atoms with van der Waals surface area (Å²) in [5.74, 6) is 0. The van der Waals surface area contributed by atoms with E-state index in [4.69, 9.17) is 17.5 Å². The van der Waals surface area contributed by atoms with Gasteiger partial charge in [-0.3, -0.25) is 9.11 Å². The topological polar surface area (TPSA) is 83.8 Å². The summed E-state index contributed by atoms with van der Waals surface area (Å²) in [6.45, 7) is 3.78. The van der Waals surface area contributed by atoms with Crippen LogP contribution in [0.25, 0.3) is 0 Å². The Balaban J connectivity index is -0.000000107. The van der Waals surface area contributed by atoms with Gasteiger partial charge in [-0.2, -0.15) is 14.8 Å². The molecule has 0 aromatic rings. The van der Waals surface area contributed by atoms with E-state index in [1.54, 1.807) is 13.7 Å². The third kappa shape index (κ3) is 126. The summed E-state index contributed by atoms with van der Waals surface area (Å²) >= 11 is 0. The van der Waals surface area contributed by atoms with Gasteiger partial charge >= 0.3 is 29.3 Å². The maximum Gasteiger partial charge on any atom is 1.00 e. The Morgan fingerprint density at radius 1 is 1.45 bits per heavy atom. The molecule has 0 saturated heterocycles. The van der Waals surface area contributed by atoms with Crippen LogP contribution in [-0.2, 0) is 15.1 Å².